The molecule has 4 heteroatoms. The smallest absolute Gasteiger partial charge is 0.228 e. The number of likely N-dealkylation sites (N-methyl/N-ethyl adjacent to an activating group) is 1. The van der Waals surface area contributed by atoms with Gasteiger partial charge in [-0.2, -0.15) is 0 Å². The Morgan fingerprint density at radius 2 is 2.23 bits per heavy atom. The van der Waals surface area contributed by atoms with Gasteiger partial charge in [0.05, 0.1) is 12.1 Å². The molecule has 0 radical (unpaired) electrons. The first-order chi connectivity index (χ1) is 6.27. The first-order valence-electron chi connectivity index (χ1n) is 4.45. The zero-order valence-corrected chi connectivity index (χ0v) is 7.99. The minimum Gasteiger partial charge on any atom is -0.364 e. The number of rotatable bonds is 4. The van der Waals surface area contributed by atoms with Crippen LogP contribution < -0.4 is 0 Å². The van der Waals surface area contributed by atoms with Crippen molar-refractivity contribution in [1.29, 1.82) is 0 Å². The van der Waals surface area contributed by atoms with E-state index in [0.29, 0.717) is 12.1 Å². The molecule has 4 nitrogen and oxygen atoms in total. The Hall–Kier alpha value is -1.32. The van der Waals surface area contributed by atoms with Crippen molar-refractivity contribution in [2.75, 3.05) is 13.1 Å². The van der Waals surface area contributed by atoms with E-state index in [0.717, 1.165) is 13.1 Å². The van der Waals surface area contributed by atoms with Gasteiger partial charge in [0.25, 0.3) is 0 Å². The van der Waals surface area contributed by atoms with Crippen LogP contribution >= 0.6 is 0 Å². The zero-order valence-electron chi connectivity index (χ0n) is 7.99. The summed E-state index contributed by atoms with van der Waals surface area (Å²) in [6.07, 6.45) is 1.81. The van der Waals surface area contributed by atoms with E-state index in [1.807, 2.05) is 13.8 Å². The first kappa shape index (κ1) is 9.77. The predicted octanol–water partition coefficient (Wildman–Crippen LogP) is 1.09. The molecule has 13 heavy (non-hydrogen) atoms. The standard InChI is InChI=1S/C9H14N2O2/c1-3-11(4-2)9(12)7-8-5-6-13-10-8/h5-6H,3-4,7H2,1-2H3. The van der Waals surface area contributed by atoms with E-state index in [4.69, 9.17) is 0 Å². The van der Waals surface area contributed by atoms with Crippen LogP contribution in [0.1, 0.15) is 19.5 Å². The van der Waals surface area contributed by atoms with Crippen molar-refractivity contribution >= 4 is 5.91 Å². The largest absolute Gasteiger partial charge is 0.364 e. The molecule has 0 unspecified atom stereocenters. The Labute approximate surface area is 77.5 Å². The monoisotopic (exact) mass is 182 g/mol. The lowest BCUT2D eigenvalue weighted by Gasteiger charge is -2.17. The van der Waals surface area contributed by atoms with Crippen LogP contribution in [-0.4, -0.2) is 29.1 Å². The molecular formula is C9H14N2O2. The molecule has 72 valence electrons. The van der Waals surface area contributed by atoms with E-state index < -0.39 is 0 Å². The van der Waals surface area contributed by atoms with Crippen molar-refractivity contribution in [3.8, 4) is 0 Å². The molecule has 1 aromatic rings. The van der Waals surface area contributed by atoms with Gasteiger partial charge in [-0.05, 0) is 13.8 Å². The number of carbonyl (C=O) groups excluding carboxylic acids is 1. The van der Waals surface area contributed by atoms with Crippen LogP contribution in [0.3, 0.4) is 0 Å². The Balaban J connectivity index is 2.49. The van der Waals surface area contributed by atoms with E-state index in [-0.39, 0.29) is 5.91 Å². The summed E-state index contributed by atoms with van der Waals surface area (Å²) in [6.45, 7) is 5.41. The maximum absolute atomic E-state index is 11.5. The number of nitrogens with zero attached hydrogens (tertiary/aromatic N) is 2. The molecule has 1 aromatic heterocycles. The predicted molar refractivity (Wildman–Crippen MR) is 48.1 cm³/mol. The van der Waals surface area contributed by atoms with Crippen LogP contribution in [0.5, 0.6) is 0 Å². The summed E-state index contributed by atoms with van der Waals surface area (Å²) in [4.78, 5) is 13.3. The normalized spacial score (nSPS) is 10.0. The van der Waals surface area contributed by atoms with Crippen LogP contribution in [0.2, 0.25) is 0 Å². The van der Waals surface area contributed by atoms with Gasteiger partial charge < -0.3 is 9.42 Å². The maximum atomic E-state index is 11.5. The Morgan fingerprint density at radius 3 is 2.69 bits per heavy atom. The summed E-state index contributed by atoms with van der Waals surface area (Å²) in [5.41, 5.74) is 0.692. The van der Waals surface area contributed by atoms with Gasteiger partial charge in [0.2, 0.25) is 5.91 Å². The number of hydrogen-bond donors (Lipinski definition) is 0. The number of hydrogen-bond acceptors (Lipinski definition) is 3. The molecule has 1 rings (SSSR count). The van der Waals surface area contributed by atoms with E-state index in [1.54, 1.807) is 11.0 Å². The average Bonchev–Trinajstić information content (AvgIpc) is 2.59. The van der Waals surface area contributed by atoms with Crippen LogP contribution in [0.15, 0.2) is 16.9 Å². The molecule has 0 aliphatic carbocycles. The van der Waals surface area contributed by atoms with Crippen molar-refractivity contribution in [3.63, 3.8) is 0 Å². The summed E-state index contributed by atoms with van der Waals surface area (Å²) >= 11 is 0. The minimum absolute atomic E-state index is 0.0962. The lowest BCUT2D eigenvalue weighted by molar-refractivity contribution is -0.130. The quantitative estimate of drug-likeness (QED) is 0.700. The highest BCUT2D eigenvalue weighted by Gasteiger charge is 2.11. The maximum Gasteiger partial charge on any atom is 0.228 e. The molecule has 1 amide bonds. The van der Waals surface area contributed by atoms with Gasteiger partial charge in [-0.25, -0.2) is 0 Å². The summed E-state index contributed by atoms with van der Waals surface area (Å²) in [7, 11) is 0. The fourth-order valence-corrected chi connectivity index (χ4v) is 1.17. The number of carbonyl (C=O) groups is 1. The van der Waals surface area contributed by atoms with Gasteiger partial charge in [0, 0.05) is 19.2 Å². The molecule has 0 bridgehead atoms. The van der Waals surface area contributed by atoms with E-state index in [1.165, 1.54) is 6.26 Å². The molecule has 0 aliphatic rings. The number of aromatic nitrogens is 1. The van der Waals surface area contributed by atoms with Crippen molar-refractivity contribution in [1.82, 2.24) is 10.1 Å². The highest BCUT2D eigenvalue weighted by Crippen LogP contribution is 1.99. The van der Waals surface area contributed by atoms with Gasteiger partial charge >= 0.3 is 0 Å². The molecule has 0 spiro atoms. The average molecular weight is 182 g/mol. The fraction of sp³-hybridized carbons (Fsp3) is 0.556. The molecule has 1 heterocycles. The third kappa shape index (κ3) is 2.57. The lowest BCUT2D eigenvalue weighted by Crippen LogP contribution is -2.31. The van der Waals surface area contributed by atoms with Crippen LogP contribution in [0.25, 0.3) is 0 Å². The Morgan fingerprint density at radius 1 is 1.54 bits per heavy atom. The van der Waals surface area contributed by atoms with E-state index >= 15 is 0 Å². The van der Waals surface area contributed by atoms with Gasteiger partial charge in [-0.1, -0.05) is 5.16 Å². The van der Waals surface area contributed by atoms with Crippen LogP contribution in [0, 0.1) is 0 Å². The third-order valence-corrected chi connectivity index (χ3v) is 1.94. The van der Waals surface area contributed by atoms with Crippen LogP contribution in [-0.2, 0) is 11.2 Å². The van der Waals surface area contributed by atoms with Gasteiger partial charge in [-0.3, -0.25) is 4.79 Å². The molecule has 0 fully saturated rings. The first-order valence-corrected chi connectivity index (χ1v) is 4.45. The zero-order chi connectivity index (χ0) is 9.68. The minimum atomic E-state index is 0.0962. The van der Waals surface area contributed by atoms with Crippen molar-refractivity contribution in [2.45, 2.75) is 20.3 Å². The molecule has 0 saturated carbocycles. The fourth-order valence-electron chi connectivity index (χ4n) is 1.17. The SMILES string of the molecule is CCN(CC)C(=O)Cc1ccon1. The summed E-state index contributed by atoms with van der Waals surface area (Å²) in [5, 5.41) is 3.68. The Bertz CT molecular complexity index is 253. The lowest BCUT2D eigenvalue weighted by atomic mass is 10.3. The van der Waals surface area contributed by atoms with E-state index in [2.05, 4.69) is 9.68 Å². The second kappa shape index (κ2) is 4.64. The summed E-state index contributed by atoms with van der Waals surface area (Å²) in [6, 6.07) is 1.71. The second-order valence-corrected chi connectivity index (χ2v) is 2.73. The molecular weight excluding hydrogens is 168 g/mol. The molecule has 0 aromatic carbocycles. The molecule has 0 N–H and O–H groups in total. The van der Waals surface area contributed by atoms with Gasteiger partial charge in [0.15, 0.2) is 0 Å². The molecule has 0 aliphatic heterocycles. The van der Waals surface area contributed by atoms with Gasteiger partial charge in [-0.15, -0.1) is 0 Å². The highest BCUT2D eigenvalue weighted by atomic mass is 16.5. The molecule has 0 atom stereocenters. The second-order valence-electron chi connectivity index (χ2n) is 2.73. The van der Waals surface area contributed by atoms with Crippen molar-refractivity contribution in [2.24, 2.45) is 0 Å². The Kier molecular flexibility index (Phi) is 3.49. The van der Waals surface area contributed by atoms with Gasteiger partial charge in [0.1, 0.15) is 6.26 Å². The number of amides is 1. The van der Waals surface area contributed by atoms with Crippen LogP contribution in [0.4, 0.5) is 0 Å². The molecule has 0 saturated heterocycles. The van der Waals surface area contributed by atoms with E-state index in [9.17, 15) is 4.79 Å². The summed E-state index contributed by atoms with van der Waals surface area (Å²) in [5.74, 6) is 0.0962. The van der Waals surface area contributed by atoms with Crippen molar-refractivity contribution < 1.29 is 9.32 Å². The van der Waals surface area contributed by atoms with Crippen molar-refractivity contribution in [3.05, 3.63) is 18.0 Å². The summed E-state index contributed by atoms with van der Waals surface area (Å²) < 4.78 is 4.64. The third-order valence-electron chi connectivity index (χ3n) is 1.94. The highest BCUT2D eigenvalue weighted by molar-refractivity contribution is 5.78. The topological polar surface area (TPSA) is 46.3 Å².